The first-order valence-electron chi connectivity index (χ1n) is 5.41. The molecule has 0 radical (unpaired) electrons. The zero-order valence-electron chi connectivity index (χ0n) is 9.51. The largest absolute Gasteiger partial charge is 0.464 e. The fourth-order valence-electron chi connectivity index (χ4n) is 1.55. The maximum atomic E-state index is 11.5. The lowest BCUT2D eigenvalue weighted by Gasteiger charge is -2.02. The number of rotatable bonds is 3. The molecule has 3 nitrogen and oxygen atoms in total. The smallest absolute Gasteiger partial charge is 0.250 e. The highest BCUT2D eigenvalue weighted by Gasteiger charge is 2.06. The minimum atomic E-state index is -0.00926. The van der Waals surface area contributed by atoms with Crippen LogP contribution in [0.5, 0.6) is 0 Å². The van der Waals surface area contributed by atoms with Gasteiger partial charge in [-0.3, -0.25) is 4.79 Å². The molecule has 0 spiro atoms. The Morgan fingerprint density at radius 2 is 2.06 bits per heavy atom. The van der Waals surface area contributed by atoms with Crippen molar-refractivity contribution in [1.82, 2.24) is 4.57 Å². The molecule has 0 aliphatic heterocycles. The number of aromatic nitrogens is 1. The summed E-state index contributed by atoms with van der Waals surface area (Å²) in [4.78, 5) is 11.5. The molecule has 2 heterocycles. The monoisotopic (exact) mass is 217 g/mol. The van der Waals surface area contributed by atoms with E-state index in [9.17, 15) is 4.79 Å². The van der Waals surface area contributed by atoms with E-state index in [4.69, 9.17) is 4.42 Å². The summed E-state index contributed by atoms with van der Waals surface area (Å²) < 4.78 is 7.27. The molecule has 16 heavy (non-hydrogen) atoms. The van der Waals surface area contributed by atoms with Gasteiger partial charge in [-0.2, -0.15) is 0 Å². The number of pyridine rings is 1. The van der Waals surface area contributed by atoms with E-state index in [1.807, 2.05) is 18.2 Å². The van der Waals surface area contributed by atoms with Crippen molar-refractivity contribution in [2.75, 3.05) is 0 Å². The zero-order valence-corrected chi connectivity index (χ0v) is 9.51. The Balaban J connectivity index is 2.21. The van der Waals surface area contributed by atoms with Crippen molar-refractivity contribution in [2.45, 2.75) is 26.3 Å². The molecule has 0 amide bonds. The maximum Gasteiger partial charge on any atom is 0.250 e. The molecule has 0 aliphatic carbocycles. The predicted octanol–water partition coefficient (Wildman–Crippen LogP) is 2.61. The highest BCUT2D eigenvalue weighted by molar-refractivity contribution is 5.10. The minimum Gasteiger partial charge on any atom is -0.464 e. The van der Waals surface area contributed by atoms with E-state index in [-0.39, 0.29) is 5.56 Å². The second kappa shape index (κ2) is 4.39. The molecule has 0 N–H and O–H groups in total. The summed E-state index contributed by atoms with van der Waals surface area (Å²) in [6.45, 7) is 4.65. The quantitative estimate of drug-likeness (QED) is 0.792. The fraction of sp³-hybridized carbons (Fsp3) is 0.308. The van der Waals surface area contributed by atoms with E-state index in [1.54, 1.807) is 22.9 Å². The Hall–Kier alpha value is -1.77. The Labute approximate surface area is 94.3 Å². The molecule has 3 heteroatoms. The van der Waals surface area contributed by atoms with E-state index in [2.05, 4.69) is 13.8 Å². The van der Waals surface area contributed by atoms with Gasteiger partial charge in [0.05, 0.1) is 6.54 Å². The first-order valence-corrected chi connectivity index (χ1v) is 5.41. The SMILES string of the molecule is CC(C)c1ccc(Cn2ccccc2=O)o1. The summed E-state index contributed by atoms with van der Waals surface area (Å²) in [6.07, 6.45) is 1.76. The van der Waals surface area contributed by atoms with Crippen molar-refractivity contribution < 1.29 is 4.42 Å². The standard InChI is InChI=1S/C13H15NO2/c1-10(2)12-7-6-11(16-12)9-14-8-4-3-5-13(14)15/h3-8,10H,9H2,1-2H3. The molecule has 0 saturated carbocycles. The zero-order chi connectivity index (χ0) is 11.5. The topological polar surface area (TPSA) is 35.1 Å². The van der Waals surface area contributed by atoms with Crippen molar-refractivity contribution in [3.8, 4) is 0 Å². The molecule has 2 aromatic rings. The maximum absolute atomic E-state index is 11.5. The summed E-state index contributed by atoms with van der Waals surface area (Å²) in [5.74, 6) is 2.15. The van der Waals surface area contributed by atoms with E-state index >= 15 is 0 Å². The third-order valence-corrected chi connectivity index (χ3v) is 2.48. The molecule has 2 aromatic heterocycles. The van der Waals surface area contributed by atoms with E-state index in [1.165, 1.54) is 0 Å². The summed E-state index contributed by atoms with van der Waals surface area (Å²) >= 11 is 0. The molecule has 84 valence electrons. The van der Waals surface area contributed by atoms with Crippen LogP contribution in [0.4, 0.5) is 0 Å². The molecule has 0 bridgehead atoms. The Kier molecular flexibility index (Phi) is 2.95. The predicted molar refractivity (Wildman–Crippen MR) is 62.6 cm³/mol. The summed E-state index contributed by atoms with van der Waals surface area (Å²) in [7, 11) is 0. The molecule has 0 fully saturated rings. The first kappa shape index (κ1) is 10.7. The Morgan fingerprint density at radius 1 is 1.25 bits per heavy atom. The van der Waals surface area contributed by atoms with Crippen LogP contribution < -0.4 is 5.56 Å². The van der Waals surface area contributed by atoms with Gasteiger partial charge in [0, 0.05) is 18.2 Å². The lowest BCUT2D eigenvalue weighted by molar-refractivity contribution is 0.435. The van der Waals surface area contributed by atoms with Crippen LogP contribution in [0, 0.1) is 0 Å². The average Bonchev–Trinajstić information content (AvgIpc) is 2.70. The highest BCUT2D eigenvalue weighted by Crippen LogP contribution is 2.17. The van der Waals surface area contributed by atoms with Crippen LogP contribution in [-0.4, -0.2) is 4.57 Å². The van der Waals surface area contributed by atoms with Crippen molar-refractivity contribution in [1.29, 1.82) is 0 Å². The van der Waals surface area contributed by atoms with E-state index in [0.29, 0.717) is 12.5 Å². The van der Waals surface area contributed by atoms with Gasteiger partial charge in [0.25, 0.3) is 5.56 Å². The van der Waals surface area contributed by atoms with Gasteiger partial charge in [-0.05, 0) is 18.2 Å². The van der Waals surface area contributed by atoms with Crippen LogP contribution in [0.25, 0.3) is 0 Å². The second-order valence-electron chi connectivity index (χ2n) is 4.13. The molecular formula is C13H15NO2. The van der Waals surface area contributed by atoms with E-state index < -0.39 is 0 Å². The van der Waals surface area contributed by atoms with Crippen LogP contribution >= 0.6 is 0 Å². The van der Waals surface area contributed by atoms with Crippen LogP contribution in [0.1, 0.15) is 31.3 Å². The lowest BCUT2D eigenvalue weighted by Crippen LogP contribution is -2.17. The first-order chi connectivity index (χ1) is 7.66. The average molecular weight is 217 g/mol. The fourth-order valence-corrected chi connectivity index (χ4v) is 1.55. The Bertz CT molecular complexity index is 522. The third-order valence-electron chi connectivity index (χ3n) is 2.48. The van der Waals surface area contributed by atoms with Crippen molar-refractivity contribution >= 4 is 0 Å². The molecule has 0 atom stereocenters. The molecule has 2 rings (SSSR count). The van der Waals surface area contributed by atoms with Gasteiger partial charge in [0.15, 0.2) is 0 Å². The van der Waals surface area contributed by atoms with Crippen LogP contribution in [0.2, 0.25) is 0 Å². The second-order valence-corrected chi connectivity index (χ2v) is 4.13. The molecule has 0 aliphatic rings. The van der Waals surface area contributed by atoms with Crippen LogP contribution in [0.3, 0.4) is 0 Å². The van der Waals surface area contributed by atoms with Crippen LogP contribution in [0.15, 0.2) is 45.7 Å². The van der Waals surface area contributed by atoms with Crippen LogP contribution in [-0.2, 0) is 6.54 Å². The Morgan fingerprint density at radius 3 is 2.69 bits per heavy atom. The number of furan rings is 1. The summed E-state index contributed by atoms with van der Waals surface area (Å²) in [5, 5.41) is 0. The summed E-state index contributed by atoms with van der Waals surface area (Å²) in [6, 6.07) is 9.02. The van der Waals surface area contributed by atoms with Gasteiger partial charge < -0.3 is 8.98 Å². The molecule has 0 unspecified atom stereocenters. The molecular weight excluding hydrogens is 202 g/mol. The van der Waals surface area contributed by atoms with Crippen molar-refractivity contribution in [3.63, 3.8) is 0 Å². The minimum absolute atomic E-state index is 0.00926. The molecule has 0 saturated heterocycles. The third kappa shape index (κ3) is 2.24. The van der Waals surface area contributed by atoms with Gasteiger partial charge >= 0.3 is 0 Å². The lowest BCUT2D eigenvalue weighted by atomic mass is 10.2. The highest BCUT2D eigenvalue weighted by atomic mass is 16.3. The number of hydrogen-bond acceptors (Lipinski definition) is 2. The van der Waals surface area contributed by atoms with Gasteiger partial charge in [0.1, 0.15) is 11.5 Å². The van der Waals surface area contributed by atoms with Gasteiger partial charge in [-0.15, -0.1) is 0 Å². The number of nitrogens with zero attached hydrogens (tertiary/aromatic N) is 1. The van der Waals surface area contributed by atoms with Gasteiger partial charge in [-0.25, -0.2) is 0 Å². The van der Waals surface area contributed by atoms with Gasteiger partial charge in [0.2, 0.25) is 0 Å². The molecule has 0 aromatic carbocycles. The normalized spacial score (nSPS) is 10.9. The van der Waals surface area contributed by atoms with Crippen molar-refractivity contribution in [3.05, 3.63) is 58.4 Å². The summed E-state index contributed by atoms with van der Waals surface area (Å²) in [5.41, 5.74) is -0.00926. The van der Waals surface area contributed by atoms with Gasteiger partial charge in [-0.1, -0.05) is 19.9 Å². The number of hydrogen-bond donors (Lipinski definition) is 0. The van der Waals surface area contributed by atoms with E-state index in [0.717, 1.165) is 11.5 Å². The van der Waals surface area contributed by atoms with Crippen molar-refractivity contribution in [2.24, 2.45) is 0 Å².